The first-order chi connectivity index (χ1) is 11.8. The summed E-state index contributed by atoms with van der Waals surface area (Å²) in [5.74, 6) is 0.106. The number of aromatic nitrogens is 3. The van der Waals surface area contributed by atoms with E-state index in [1.54, 1.807) is 12.4 Å². The van der Waals surface area contributed by atoms with Crippen molar-refractivity contribution >= 4 is 11.6 Å². The summed E-state index contributed by atoms with van der Waals surface area (Å²) in [5, 5.41) is 10.4. The zero-order valence-corrected chi connectivity index (χ0v) is 13.5. The first-order valence-corrected chi connectivity index (χ1v) is 8.35. The molecule has 0 radical (unpaired) electrons. The Balaban J connectivity index is 1.36. The number of amides is 1. The molecule has 2 aromatic heterocycles. The number of piperidine rings is 1. The number of ether oxygens (including phenoxy) is 1. The molecule has 4 heterocycles. The van der Waals surface area contributed by atoms with Gasteiger partial charge in [0.05, 0.1) is 30.7 Å². The van der Waals surface area contributed by atoms with Gasteiger partial charge in [0.25, 0.3) is 0 Å². The van der Waals surface area contributed by atoms with Crippen molar-refractivity contribution in [3.05, 3.63) is 42.0 Å². The molecule has 0 unspecified atom stereocenters. The Kier molecular flexibility index (Phi) is 3.93. The maximum atomic E-state index is 12.4. The van der Waals surface area contributed by atoms with Gasteiger partial charge in [-0.2, -0.15) is 5.10 Å². The number of likely N-dealkylation sites (tertiary alicyclic amines) is 1. The van der Waals surface area contributed by atoms with Crippen molar-refractivity contribution < 1.29 is 9.53 Å². The van der Waals surface area contributed by atoms with Gasteiger partial charge in [0.1, 0.15) is 5.60 Å². The second kappa shape index (κ2) is 6.24. The van der Waals surface area contributed by atoms with Gasteiger partial charge in [0.2, 0.25) is 5.91 Å². The summed E-state index contributed by atoms with van der Waals surface area (Å²) in [6.45, 7) is 2.41. The van der Waals surface area contributed by atoms with Crippen molar-refractivity contribution in [3.63, 3.8) is 0 Å². The van der Waals surface area contributed by atoms with Crippen molar-refractivity contribution in [1.29, 1.82) is 0 Å². The van der Waals surface area contributed by atoms with Gasteiger partial charge < -0.3 is 15.0 Å². The molecule has 126 valence electrons. The molecule has 0 atom stereocenters. The lowest BCUT2D eigenvalue weighted by Crippen LogP contribution is -2.49. The molecule has 0 aliphatic carbocycles. The number of aromatic amines is 1. The number of anilines is 1. The Morgan fingerprint density at radius 1 is 1.38 bits per heavy atom. The van der Waals surface area contributed by atoms with Gasteiger partial charge in [-0.25, -0.2) is 0 Å². The van der Waals surface area contributed by atoms with Crippen LogP contribution in [-0.4, -0.2) is 52.2 Å². The lowest BCUT2D eigenvalue weighted by molar-refractivity contribution is -0.139. The minimum absolute atomic E-state index is 0.106. The highest BCUT2D eigenvalue weighted by Crippen LogP contribution is 2.40. The van der Waals surface area contributed by atoms with Gasteiger partial charge >= 0.3 is 0 Å². The highest BCUT2D eigenvalue weighted by molar-refractivity contribution is 5.80. The summed E-state index contributed by atoms with van der Waals surface area (Å²) in [4.78, 5) is 18.4. The monoisotopic (exact) mass is 327 g/mol. The molecule has 1 spiro atoms. The third-order valence-electron chi connectivity index (χ3n) is 4.95. The van der Waals surface area contributed by atoms with E-state index in [1.165, 1.54) is 5.56 Å². The Labute approximate surface area is 140 Å². The number of rotatable bonds is 3. The predicted molar refractivity (Wildman–Crippen MR) is 88.5 cm³/mol. The van der Waals surface area contributed by atoms with Crippen LogP contribution in [0.3, 0.4) is 0 Å². The molecule has 7 heteroatoms. The van der Waals surface area contributed by atoms with E-state index in [9.17, 15) is 4.79 Å². The van der Waals surface area contributed by atoms with Crippen LogP contribution in [0.25, 0.3) is 0 Å². The number of hydrogen-bond donors (Lipinski definition) is 2. The molecule has 2 aliphatic heterocycles. The van der Waals surface area contributed by atoms with Crippen LogP contribution in [-0.2, 0) is 21.6 Å². The number of fused-ring (bicyclic) bond motifs is 2. The van der Waals surface area contributed by atoms with Gasteiger partial charge in [0, 0.05) is 25.5 Å². The van der Waals surface area contributed by atoms with Crippen LogP contribution in [0.4, 0.5) is 5.69 Å². The van der Waals surface area contributed by atoms with E-state index >= 15 is 0 Å². The molecule has 1 amide bonds. The molecule has 0 bridgehead atoms. The summed E-state index contributed by atoms with van der Waals surface area (Å²) < 4.78 is 6.12. The normalized spacial score (nSPS) is 19.1. The van der Waals surface area contributed by atoms with E-state index in [1.807, 2.05) is 23.2 Å². The number of nitrogens with one attached hydrogen (secondary N) is 2. The Morgan fingerprint density at radius 3 is 3.04 bits per heavy atom. The highest BCUT2D eigenvalue weighted by atomic mass is 16.5. The van der Waals surface area contributed by atoms with Gasteiger partial charge in [-0.1, -0.05) is 0 Å². The minimum atomic E-state index is -0.294. The van der Waals surface area contributed by atoms with E-state index < -0.39 is 0 Å². The molecule has 1 saturated heterocycles. The van der Waals surface area contributed by atoms with Gasteiger partial charge in [-0.3, -0.25) is 14.9 Å². The quantitative estimate of drug-likeness (QED) is 0.888. The molecule has 2 aliphatic rings. The summed E-state index contributed by atoms with van der Waals surface area (Å²) in [5.41, 5.74) is 2.92. The number of carbonyl (C=O) groups is 1. The average molecular weight is 327 g/mol. The van der Waals surface area contributed by atoms with Crippen molar-refractivity contribution in [3.8, 4) is 0 Å². The fourth-order valence-electron chi connectivity index (χ4n) is 3.59. The maximum absolute atomic E-state index is 12.4. The van der Waals surface area contributed by atoms with Crippen LogP contribution in [0.15, 0.2) is 30.7 Å². The van der Waals surface area contributed by atoms with Crippen LogP contribution in [0.1, 0.15) is 24.1 Å². The Hall–Kier alpha value is -2.41. The topological polar surface area (TPSA) is 83.1 Å². The zero-order valence-electron chi connectivity index (χ0n) is 13.5. The number of pyridine rings is 1. The van der Waals surface area contributed by atoms with Gasteiger partial charge in [-0.05, 0) is 37.0 Å². The van der Waals surface area contributed by atoms with Gasteiger partial charge in [-0.15, -0.1) is 0 Å². The molecule has 2 N–H and O–H groups in total. The molecule has 0 saturated carbocycles. The molecule has 0 aromatic carbocycles. The van der Waals surface area contributed by atoms with Crippen molar-refractivity contribution in [2.75, 3.05) is 31.6 Å². The summed E-state index contributed by atoms with van der Waals surface area (Å²) in [6.07, 6.45) is 7.85. The van der Waals surface area contributed by atoms with E-state index in [4.69, 9.17) is 4.74 Å². The molecular formula is C17H21N5O2. The number of H-pyrrole nitrogens is 1. The van der Waals surface area contributed by atoms with E-state index in [0.29, 0.717) is 13.1 Å². The van der Waals surface area contributed by atoms with Gasteiger partial charge in [0.15, 0.2) is 0 Å². The lowest BCUT2D eigenvalue weighted by atomic mass is 9.84. The highest BCUT2D eigenvalue weighted by Gasteiger charge is 2.42. The van der Waals surface area contributed by atoms with E-state index in [0.717, 1.165) is 37.3 Å². The molecule has 1 fully saturated rings. The average Bonchev–Trinajstić information content (AvgIpc) is 3.12. The van der Waals surface area contributed by atoms with Crippen LogP contribution >= 0.6 is 0 Å². The van der Waals surface area contributed by atoms with Crippen LogP contribution in [0.5, 0.6) is 0 Å². The molecular weight excluding hydrogens is 306 g/mol. The first-order valence-electron chi connectivity index (χ1n) is 8.35. The van der Waals surface area contributed by atoms with E-state index in [-0.39, 0.29) is 18.1 Å². The second-order valence-corrected chi connectivity index (χ2v) is 6.34. The van der Waals surface area contributed by atoms with Crippen LogP contribution in [0.2, 0.25) is 0 Å². The molecule has 7 nitrogen and oxygen atoms in total. The van der Waals surface area contributed by atoms with Crippen molar-refractivity contribution in [1.82, 2.24) is 20.1 Å². The van der Waals surface area contributed by atoms with Crippen molar-refractivity contribution in [2.45, 2.75) is 24.9 Å². The number of hydrogen-bond acceptors (Lipinski definition) is 5. The first kappa shape index (κ1) is 15.1. The van der Waals surface area contributed by atoms with E-state index in [2.05, 4.69) is 20.5 Å². The molecule has 4 rings (SSSR count). The second-order valence-electron chi connectivity index (χ2n) is 6.34. The Morgan fingerprint density at radius 2 is 2.25 bits per heavy atom. The number of nitrogens with zero attached hydrogens (tertiary/aromatic N) is 3. The van der Waals surface area contributed by atoms with Crippen LogP contribution < -0.4 is 5.32 Å². The molecule has 24 heavy (non-hydrogen) atoms. The number of carbonyl (C=O) groups excluding carboxylic acids is 1. The lowest BCUT2D eigenvalue weighted by Gasteiger charge is -2.43. The van der Waals surface area contributed by atoms with Crippen LogP contribution in [0, 0.1) is 0 Å². The largest absolute Gasteiger partial charge is 0.375 e. The minimum Gasteiger partial charge on any atom is -0.375 e. The zero-order chi connectivity index (χ0) is 16.4. The summed E-state index contributed by atoms with van der Waals surface area (Å²) in [6, 6.07) is 3.75. The summed E-state index contributed by atoms with van der Waals surface area (Å²) in [7, 11) is 0. The standard InChI is InChI=1S/C17H21N5O2/c23-15(12-19-14-2-1-6-18-11-14)22-7-4-17(5-8-22)16-13(3-9-24-17)10-20-21-16/h1-2,6,10-11,19H,3-5,7-9,12H2,(H,20,21). The smallest absolute Gasteiger partial charge is 0.241 e. The summed E-state index contributed by atoms with van der Waals surface area (Å²) >= 11 is 0. The Bertz CT molecular complexity index is 707. The third-order valence-corrected chi connectivity index (χ3v) is 4.95. The molecule has 2 aromatic rings. The maximum Gasteiger partial charge on any atom is 0.241 e. The fourth-order valence-corrected chi connectivity index (χ4v) is 3.59. The third kappa shape index (κ3) is 2.75. The van der Waals surface area contributed by atoms with Crippen molar-refractivity contribution in [2.24, 2.45) is 0 Å². The SMILES string of the molecule is O=C(CNc1cccnc1)N1CCC2(CC1)OCCc1cn[nH]c12. The predicted octanol–water partition coefficient (Wildman–Crippen LogP) is 1.31. The fraction of sp³-hybridized carbons (Fsp3) is 0.471.